The van der Waals surface area contributed by atoms with Crippen LogP contribution in [0.2, 0.25) is 10.0 Å². The van der Waals surface area contributed by atoms with Crippen molar-refractivity contribution >= 4 is 29.2 Å². The molecule has 0 bridgehead atoms. The van der Waals surface area contributed by atoms with Gasteiger partial charge >= 0.3 is 5.97 Å². The van der Waals surface area contributed by atoms with E-state index in [0.29, 0.717) is 48.3 Å². The van der Waals surface area contributed by atoms with Gasteiger partial charge in [0.05, 0.1) is 56.4 Å². The molecule has 4 N–H and O–H groups in total. The second-order valence-electron chi connectivity index (χ2n) is 6.82. The van der Waals surface area contributed by atoms with E-state index in [4.69, 9.17) is 57.8 Å². The Bertz CT molecular complexity index is 647. The van der Waals surface area contributed by atoms with Crippen LogP contribution in [-0.2, 0) is 19.0 Å². The minimum atomic E-state index is -0.462. The molecular weight excluding hydrogens is 455 g/mol. The van der Waals surface area contributed by atoms with E-state index in [2.05, 4.69) is 4.74 Å². The molecule has 0 aliphatic carbocycles. The number of benzene rings is 1. The summed E-state index contributed by atoms with van der Waals surface area (Å²) < 4.78 is 19.5. The maximum absolute atomic E-state index is 10.7. The smallest absolute Gasteiger partial charge is 0.343 e. The van der Waals surface area contributed by atoms with Gasteiger partial charge in [0.1, 0.15) is 5.75 Å². The lowest BCUT2D eigenvalue weighted by molar-refractivity contribution is -0.142. The number of hydrogen-bond acceptors (Lipinski definition) is 9. The first-order valence-corrected chi connectivity index (χ1v) is 10.5. The van der Waals surface area contributed by atoms with Gasteiger partial charge in [0.25, 0.3) is 0 Å². The average Bonchev–Trinajstić information content (AvgIpc) is 3.19. The van der Waals surface area contributed by atoms with Gasteiger partial charge in [-0.05, 0) is 24.6 Å². The number of carbonyl (C=O) groups excluding carboxylic acids is 1. The Morgan fingerprint density at radius 3 is 2.19 bits per heavy atom. The highest BCUT2D eigenvalue weighted by Crippen LogP contribution is 2.27. The van der Waals surface area contributed by atoms with Crippen molar-refractivity contribution in [3.8, 4) is 5.75 Å². The van der Waals surface area contributed by atoms with Gasteiger partial charge in [-0.1, -0.05) is 23.2 Å². The molecule has 2 aliphatic heterocycles. The Balaban J connectivity index is 0.000000245. The van der Waals surface area contributed by atoms with Gasteiger partial charge in [-0.25, -0.2) is 4.79 Å². The van der Waals surface area contributed by atoms with Crippen molar-refractivity contribution in [2.45, 2.75) is 43.7 Å². The van der Waals surface area contributed by atoms with Crippen molar-refractivity contribution < 1.29 is 44.2 Å². The zero-order chi connectivity index (χ0) is 23.2. The van der Waals surface area contributed by atoms with Gasteiger partial charge in [0.2, 0.25) is 0 Å². The van der Waals surface area contributed by atoms with E-state index in [9.17, 15) is 4.79 Å². The van der Waals surface area contributed by atoms with E-state index in [0.717, 1.165) is 0 Å². The van der Waals surface area contributed by atoms with E-state index in [1.807, 2.05) is 0 Å². The second kappa shape index (κ2) is 15.6. The van der Waals surface area contributed by atoms with Crippen molar-refractivity contribution in [2.75, 3.05) is 40.1 Å². The fourth-order valence-corrected chi connectivity index (χ4v) is 3.05. The largest absolute Gasteiger partial charge is 0.480 e. The van der Waals surface area contributed by atoms with E-state index in [1.165, 1.54) is 13.2 Å². The van der Waals surface area contributed by atoms with E-state index >= 15 is 0 Å². The summed E-state index contributed by atoms with van der Waals surface area (Å²) in [5.41, 5.74) is 0. The van der Waals surface area contributed by atoms with Crippen LogP contribution in [0, 0.1) is 0 Å². The third-order valence-corrected chi connectivity index (χ3v) is 4.80. The number of halogens is 2. The summed E-state index contributed by atoms with van der Waals surface area (Å²) in [6, 6.07) is 4.75. The molecule has 31 heavy (non-hydrogen) atoms. The van der Waals surface area contributed by atoms with Crippen LogP contribution in [0.25, 0.3) is 0 Å². The summed E-state index contributed by atoms with van der Waals surface area (Å²) >= 11 is 11.5. The van der Waals surface area contributed by atoms with Gasteiger partial charge in [-0.15, -0.1) is 0 Å². The van der Waals surface area contributed by atoms with Crippen LogP contribution >= 0.6 is 23.2 Å². The molecule has 0 spiro atoms. The highest BCUT2D eigenvalue weighted by Gasteiger charge is 2.22. The van der Waals surface area contributed by atoms with Crippen molar-refractivity contribution in [3.63, 3.8) is 0 Å². The zero-order valence-corrected chi connectivity index (χ0v) is 18.8. The highest BCUT2D eigenvalue weighted by molar-refractivity contribution is 6.35. The first-order chi connectivity index (χ1) is 14.8. The van der Waals surface area contributed by atoms with Gasteiger partial charge < -0.3 is 39.4 Å². The molecule has 178 valence electrons. The normalized spacial score (nSPS) is 24.9. The third-order valence-electron chi connectivity index (χ3n) is 4.27. The summed E-state index contributed by atoms with van der Waals surface area (Å²) in [4.78, 5) is 10.7. The van der Waals surface area contributed by atoms with Crippen LogP contribution in [0.3, 0.4) is 0 Å². The number of carbonyl (C=O) groups is 1. The summed E-state index contributed by atoms with van der Waals surface area (Å²) in [6.07, 6.45) is 0.991. The Kier molecular flexibility index (Phi) is 14.0. The fourth-order valence-electron chi connectivity index (χ4n) is 2.59. The maximum atomic E-state index is 10.7. The third kappa shape index (κ3) is 11.9. The number of aliphatic hydroxyl groups is 4. The van der Waals surface area contributed by atoms with Gasteiger partial charge in [-0.3, -0.25) is 0 Å². The molecular formula is C20H30Cl2O9. The lowest BCUT2D eigenvalue weighted by Gasteiger charge is -2.24. The van der Waals surface area contributed by atoms with E-state index in [1.54, 1.807) is 12.1 Å². The predicted octanol–water partition coefficient (Wildman–Crippen LogP) is 1.19. The Labute approximate surface area is 191 Å². The minimum Gasteiger partial charge on any atom is -0.480 e. The standard InChI is InChI=1S/C9H8Cl2O3.C6H12O3.C5H10O3/c1-13-9(12)5-14-8-3-2-6(10)4-7(8)11;7-4-6-3-5(8)1-2-9-6;6-2-5-1-4(7)3-8-5/h2-4H,5H2,1H3;5-8H,1-4H2;4-7H,1-3H2. The van der Waals surface area contributed by atoms with Crippen LogP contribution < -0.4 is 4.74 Å². The molecule has 0 radical (unpaired) electrons. The van der Waals surface area contributed by atoms with Crippen LogP contribution in [0.15, 0.2) is 18.2 Å². The molecule has 2 saturated heterocycles. The van der Waals surface area contributed by atoms with Gasteiger partial charge in [0.15, 0.2) is 6.61 Å². The molecule has 3 rings (SSSR count). The Hall–Kier alpha value is -1.17. The van der Waals surface area contributed by atoms with Crippen LogP contribution in [0.5, 0.6) is 5.75 Å². The Morgan fingerprint density at radius 1 is 1.10 bits per heavy atom. The first-order valence-electron chi connectivity index (χ1n) is 9.74. The molecule has 0 aromatic heterocycles. The number of esters is 1. The summed E-state index contributed by atoms with van der Waals surface area (Å²) in [6.45, 7) is 0.837. The minimum absolute atomic E-state index is 0.0249. The molecule has 2 aliphatic rings. The predicted molar refractivity (Wildman–Crippen MR) is 113 cm³/mol. The topological polar surface area (TPSA) is 135 Å². The number of rotatable bonds is 5. The average molecular weight is 485 g/mol. The van der Waals surface area contributed by atoms with Crippen molar-refractivity contribution in [2.24, 2.45) is 0 Å². The lowest BCUT2D eigenvalue weighted by Crippen LogP contribution is -2.31. The molecule has 1 aromatic rings. The maximum Gasteiger partial charge on any atom is 0.343 e. The molecule has 4 unspecified atom stereocenters. The summed E-state index contributed by atoms with van der Waals surface area (Å²) in [7, 11) is 1.29. The fraction of sp³-hybridized carbons (Fsp3) is 0.650. The number of hydrogen-bond donors (Lipinski definition) is 4. The molecule has 11 heteroatoms. The molecule has 4 atom stereocenters. The SMILES string of the molecule is COC(=O)COc1ccc(Cl)cc1Cl.OCC1CC(O)CCO1.OCC1CC(O)CO1. The second-order valence-corrected chi connectivity index (χ2v) is 7.66. The van der Waals surface area contributed by atoms with Crippen LogP contribution in [0.1, 0.15) is 19.3 Å². The monoisotopic (exact) mass is 484 g/mol. The number of aliphatic hydroxyl groups excluding tert-OH is 4. The molecule has 0 saturated carbocycles. The van der Waals surface area contributed by atoms with Crippen molar-refractivity contribution in [1.82, 2.24) is 0 Å². The molecule has 2 heterocycles. The highest BCUT2D eigenvalue weighted by atomic mass is 35.5. The molecule has 9 nitrogen and oxygen atoms in total. The van der Waals surface area contributed by atoms with E-state index < -0.39 is 5.97 Å². The zero-order valence-electron chi connectivity index (χ0n) is 17.3. The van der Waals surface area contributed by atoms with Gasteiger partial charge in [-0.2, -0.15) is 0 Å². The molecule has 0 amide bonds. The number of ether oxygens (including phenoxy) is 4. The van der Waals surface area contributed by atoms with Gasteiger partial charge in [0, 0.05) is 24.5 Å². The number of methoxy groups -OCH3 is 1. The first kappa shape index (κ1) is 27.9. The quantitative estimate of drug-likeness (QED) is 0.454. The van der Waals surface area contributed by atoms with Crippen LogP contribution in [0.4, 0.5) is 0 Å². The molecule has 2 fully saturated rings. The summed E-state index contributed by atoms with van der Waals surface area (Å²) in [5.74, 6) is -0.0579. The van der Waals surface area contributed by atoms with Crippen molar-refractivity contribution in [3.05, 3.63) is 28.2 Å². The lowest BCUT2D eigenvalue weighted by atomic mass is 10.1. The van der Waals surface area contributed by atoms with E-state index in [-0.39, 0.29) is 44.2 Å². The summed E-state index contributed by atoms with van der Waals surface area (Å²) in [5, 5.41) is 35.7. The van der Waals surface area contributed by atoms with Crippen molar-refractivity contribution in [1.29, 1.82) is 0 Å². The van der Waals surface area contributed by atoms with Crippen LogP contribution in [-0.4, -0.2) is 91.0 Å². The Morgan fingerprint density at radius 2 is 1.74 bits per heavy atom. The molecule has 1 aromatic carbocycles.